The van der Waals surface area contributed by atoms with Crippen molar-refractivity contribution in [1.82, 2.24) is 15.1 Å². The molecule has 0 aromatic carbocycles. The molecule has 2 aliphatic rings. The van der Waals surface area contributed by atoms with Crippen molar-refractivity contribution in [3.8, 4) is 0 Å². The second-order valence-electron chi connectivity index (χ2n) is 8.32. The topological polar surface area (TPSA) is 49.3 Å². The van der Waals surface area contributed by atoms with Gasteiger partial charge in [-0.05, 0) is 50.2 Å². The van der Waals surface area contributed by atoms with E-state index in [2.05, 4.69) is 60.8 Å². The quantitative estimate of drug-likeness (QED) is 0.789. The minimum atomic E-state index is 0.0988. The summed E-state index contributed by atoms with van der Waals surface area (Å²) in [5.74, 6) is 1.79. The lowest BCUT2D eigenvalue weighted by molar-refractivity contribution is -0.134. The number of carbonyl (C=O) groups is 1. The third-order valence-electron chi connectivity index (χ3n) is 5.93. The van der Waals surface area contributed by atoms with Crippen LogP contribution in [0.2, 0.25) is 0 Å². The van der Waals surface area contributed by atoms with Gasteiger partial charge in [-0.1, -0.05) is 25.5 Å². The molecule has 2 fully saturated rings. The average Bonchev–Trinajstić information content (AvgIpc) is 3.14. The fourth-order valence-electron chi connectivity index (χ4n) is 4.16. The largest absolute Gasteiger partial charge is 0.355 e. The minimum Gasteiger partial charge on any atom is -0.355 e. The van der Waals surface area contributed by atoms with Gasteiger partial charge in [-0.2, -0.15) is 5.10 Å². The lowest BCUT2D eigenvalue weighted by Gasteiger charge is -2.37. The molecule has 1 aromatic heterocycles. The van der Waals surface area contributed by atoms with Gasteiger partial charge in [0.25, 0.3) is 0 Å². The van der Waals surface area contributed by atoms with E-state index in [9.17, 15) is 4.79 Å². The van der Waals surface area contributed by atoms with Crippen LogP contribution in [0.3, 0.4) is 0 Å². The molecule has 2 atom stereocenters. The lowest BCUT2D eigenvalue weighted by atomic mass is 10.0. The van der Waals surface area contributed by atoms with Gasteiger partial charge < -0.3 is 9.80 Å². The Labute approximate surface area is 151 Å². The number of allylic oxidation sites excluding steroid dienone is 2. The van der Waals surface area contributed by atoms with E-state index in [1.165, 1.54) is 5.57 Å². The number of carbonyl (C=O) groups excluding carboxylic acids is 1. The van der Waals surface area contributed by atoms with Crippen molar-refractivity contribution in [2.75, 3.05) is 25.0 Å². The first-order chi connectivity index (χ1) is 11.8. The van der Waals surface area contributed by atoms with E-state index in [1.807, 2.05) is 12.1 Å². The van der Waals surface area contributed by atoms with E-state index >= 15 is 0 Å². The molecule has 1 saturated heterocycles. The van der Waals surface area contributed by atoms with Crippen LogP contribution in [0.15, 0.2) is 30.0 Å². The summed E-state index contributed by atoms with van der Waals surface area (Å²) in [5, 5.41) is 8.15. The summed E-state index contributed by atoms with van der Waals surface area (Å²) in [5.41, 5.74) is 1.40. The van der Waals surface area contributed by atoms with E-state index in [4.69, 9.17) is 0 Å². The normalized spacial score (nSPS) is 25.4. The van der Waals surface area contributed by atoms with Gasteiger partial charge >= 0.3 is 0 Å². The molecule has 1 aromatic rings. The van der Waals surface area contributed by atoms with E-state index in [1.54, 1.807) is 6.20 Å². The highest BCUT2D eigenvalue weighted by molar-refractivity contribution is 5.84. The van der Waals surface area contributed by atoms with Crippen LogP contribution < -0.4 is 4.90 Å². The van der Waals surface area contributed by atoms with Crippen molar-refractivity contribution in [1.29, 1.82) is 0 Å². The first kappa shape index (κ1) is 17.9. The number of likely N-dealkylation sites (tertiary alicyclic amines) is 1. The molecule has 1 aliphatic heterocycles. The summed E-state index contributed by atoms with van der Waals surface area (Å²) in [7, 11) is 2.07. The Hall–Kier alpha value is -1.91. The van der Waals surface area contributed by atoms with Crippen LogP contribution in [0, 0.1) is 17.3 Å². The van der Waals surface area contributed by atoms with Gasteiger partial charge in [0.2, 0.25) is 5.91 Å². The first-order valence-corrected chi connectivity index (χ1v) is 9.26. The molecule has 1 amide bonds. The molecule has 0 spiro atoms. The molecule has 25 heavy (non-hydrogen) atoms. The smallest absolute Gasteiger partial charge is 0.226 e. The van der Waals surface area contributed by atoms with Crippen LogP contribution in [-0.2, 0) is 4.79 Å². The highest BCUT2D eigenvalue weighted by atomic mass is 16.2. The Kier molecular flexibility index (Phi) is 4.85. The minimum absolute atomic E-state index is 0.0988. The van der Waals surface area contributed by atoms with E-state index in [0.29, 0.717) is 17.9 Å². The highest BCUT2D eigenvalue weighted by Crippen LogP contribution is 2.60. The molecular weight excluding hydrogens is 312 g/mol. The second-order valence-corrected chi connectivity index (χ2v) is 8.32. The van der Waals surface area contributed by atoms with Crippen LogP contribution in [-0.4, -0.2) is 47.2 Å². The Morgan fingerprint density at radius 2 is 2.00 bits per heavy atom. The number of hydrogen-bond acceptors (Lipinski definition) is 4. The van der Waals surface area contributed by atoms with Gasteiger partial charge in [0.15, 0.2) is 5.82 Å². The van der Waals surface area contributed by atoms with Crippen LogP contribution in [0.4, 0.5) is 5.82 Å². The molecule has 0 N–H and O–H groups in total. The summed E-state index contributed by atoms with van der Waals surface area (Å²) >= 11 is 0. The van der Waals surface area contributed by atoms with Crippen molar-refractivity contribution in [2.45, 2.75) is 46.6 Å². The van der Waals surface area contributed by atoms with Crippen molar-refractivity contribution >= 4 is 11.7 Å². The van der Waals surface area contributed by atoms with Gasteiger partial charge in [-0.15, -0.1) is 5.10 Å². The van der Waals surface area contributed by atoms with E-state index in [-0.39, 0.29) is 11.3 Å². The zero-order valence-electron chi connectivity index (χ0n) is 16.1. The third-order valence-corrected chi connectivity index (χ3v) is 5.93. The molecule has 136 valence electrons. The molecule has 3 rings (SSSR count). The molecule has 1 aliphatic carbocycles. The van der Waals surface area contributed by atoms with Gasteiger partial charge in [0.05, 0.1) is 5.92 Å². The number of hydrogen-bond donors (Lipinski definition) is 0. The molecule has 0 unspecified atom stereocenters. The number of piperidine rings is 1. The lowest BCUT2D eigenvalue weighted by Crippen LogP contribution is -2.46. The van der Waals surface area contributed by atoms with E-state index < -0.39 is 0 Å². The first-order valence-electron chi connectivity index (χ1n) is 9.26. The Bertz CT molecular complexity index is 643. The summed E-state index contributed by atoms with van der Waals surface area (Å²) in [6.07, 6.45) is 5.94. The average molecular weight is 342 g/mol. The summed E-state index contributed by atoms with van der Waals surface area (Å²) in [6.45, 7) is 10.3. The van der Waals surface area contributed by atoms with Crippen LogP contribution in [0.25, 0.3) is 0 Å². The summed E-state index contributed by atoms with van der Waals surface area (Å²) < 4.78 is 0. The van der Waals surface area contributed by atoms with Gasteiger partial charge in [0.1, 0.15) is 0 Å². The molecule has 2 heterocycles. The molecule has 5 nitrogen and oxygen atoms in total. The molecular formula is C20H30N4O. The summed E-state index contributed by atoms with van der Waals surface area (Å²) in [6, 6.07) is 4.32. The number of rotatable bonds is 4. The summed E-state index contributed by atoms with van der Waals surface area (Å²) in [4.78, 5) is 17.2. The standard InChI is InChI=1S/C20H30N4O/c1-14(2)13-16-18(20(16,3)4)19(25)24-11-8-15(9-12-24)23(5)17-7-6-10-21-22-17/h6-7,10,13,15-16,18H,8-9,11-12H2,1-5H3/t16-,18-/m0/s1. The Morgan fingerprint density at radius 3 is 2.56 bits per heavy atom. The maximum Gasteiger partial charge on any atom is 0.226 e. The van der Waals surface area contributed by atoms with Gasteiger partial charge in [-0.25, -0.2) is 0 Å². The fourth-order valence-corrected chi connectivity index (χ4v) is 4.16. The second kappa shape index (κ2) is 6.77. The molecule has 0 radical (unpaired) electrons. The highest BCUT2D eigenvalue weighted by Gasteiger charge is 2.61. The number of anilines is 1. The van der Waals surface area contributed by atoms with Crippen LogP contribution >= 0.6 is 0 Å². The zero-order valence-corrected chi connectivity index (χ0v) is 16.1. The van der Waals surface area contributed by atoms with Gasteiger partial charge in [-0.3, -0.25) is 4.79 Å². The molecule has 0 bridgehead atoms. The molecule has 1 saturated carbocycles. The van der Waals surface area contributed by atoms with Crippen molar-refractivity contribution in [3.63, 3.8) is 0 Å². The third kappa shape index (κ3) is 3.55. The molecule has 5 heteroatoms. The fraction of sp³-hybridized carbons (Fsp3) is 0.650. The monoisotopic (exact) mass is 342 g/mol. The predicted octanol–water partition coefficient (Wildman–Crippen LogP) is 3.14. The Morgan fingerprint density at radius 1 is 1.32 bits per heavy atom. The van der Waals surface area contributed by atoms with Gasteiger partial charge in [0, 0.05) is 32.4 Å². The number of amides is 1. The van der Waals surface area contributed by atoms with Crippen molar-refractivity contribution in [3.05, 3.63) is 30.0 Å². The van der Waals surface area contributed by atoms with Crippen molar-refractivity contribution in [2.24, 2.45) is 17.3 Å². The number of aromatic nitrogens is 2. The predicted molar refractivity (Wildman–Crippen MR) is 100 cm³/mol. The maximum absolute atomic E-state index is 13.0. The van der Waals surface area contributed by atoms with Crippen molar-refractivity contribution < 1.29 is 4.79 Å². The van der Waals surface area contributed by atoms with E-state index in [0.717, 1.165) is 31.7 Å². The zero-order chi connectivity index (χ0) is 18.2. The maximum atomic E-state index is 13.0. The Balaban J connectivity index is 1.58. The number of nitrogens with zero attached hydrogens (tertiary/aromatic N) is 4. The SMILES string of the molecule is CC(C)=C[C@H]1[C@@H](C(=O)N2CCC(N(C)c3cccnn3)CC2)C1(C)C. The van der Waals surface area contributed by atoms with Crippen LogP contribution in [0.5, 0.6) is 0 Å². The van der Waals surface area contributed by atoms with Crippen LogP contribution in [0.1, 0.15) is 40.5 Å².